The van der Waals surface area contributed by atoms with Crippen molar-refractivity contribution in [3.63, 3.8) is 0 Å². The zero-order chi connectivity index (χ0) is 35.8. The van der Waals surface area contributed by atoms with Gasteiger partial charge in [0.15, 0.2) is 0 Å². The lowest BCUT2D eigenvalue weighted by molar-refractivity contribution is 0.669. The van der Waals surface area contributed by atoms with Crippen LogP contribution in [0.2, 0.25) is 0 Å². The molecule has 54 heavy (non-hydrogen) atoms. The predicted octanol–water partition coefficient (Wildman–Crippen LogP) is 14.9. The first-order valence-corrected chi connectivity index (χ1v) is 18.4. The Bertz CT molecular complexity index is 2900. The Labute approximate surface area is 314 Å². The van der Waals surface area contributed by atoms with Crippen molar-refractivity contribution in [1.82, 2.24) is 0 Å². The number of furan rings is 1. The normalized spacial score (nSPS) is 11.3. The topological polar surface area (TPSA) is 16.4 Å². The summed E-state index contributed by atoms with van der Waals surface area (Å²) in [5, 5.41) is 4.74. The number of fused-ring (bicyclic) bond motifs is 4. The predicted molar refractivity (Wildman–Crippen MR) is 228 cm³/mol. The molecule has 254 valence electrons. The van der Waals surface area contributed by atoms with Crippen molar-refractivity contribution in [2.24, 2.45) is 0 Å². The van der Waals surface area contributed by atoms with Crippen molar-refractivity contribution in [2.45, 2.75) is 0 Å². The van der Waals surface area contributed by atoms with E-state index in [0.717, 1.165) is 55.7 Å². The molecule has 0 spiro atoms. The van der Waals surface area contributed by atoms with E-state index in [2.05, 4.69) is 205 Å². The summed E-state index contributed by atoms with van der Waals surface area (Å²) in [6.07, 6.45) is 0. The Balaban J connectivity index is 1.12. The van der Waals surface area contributed by atoms with Crippen LogP contribution in [0.25, 0.3) is 77.2 Å². The average molecular weight is 690 g/mol. The number of para-hydroxylation sites is 2. The first kappa shape index (κ1) is 31.6. The Morgan fingerprint density at radius 1 is 0.315 bits per heavy atom. The van der Waals surface area contributed by atoms with Crippen molar-refractivity contribution in [1.29, 1.82) is 0 Å². The molecule has 10 rings (SSSR count). The van der Waals surface area contributed by atoms with E-state index in [4.69, 9.17) is 4.42 Å². The number of nitrogens with zero attached hydrogens (tertiary/aromatic N) is 1. The van der Waals surface area contributed by atoms with Gasteiger partial charge in [0.05, 0.1) is 5.69 Å². The Kier molecular flexibility index (Phi) is 7.85. The molecule has 2 heteroatoms. The minimum atomic E-state index is 0.900. The molecule has 0 atom stereocenters. The first-order valence-electron chi connectivity index (χ1n) is 18.4. The number of benzene rings is 9. The highest BCUT2D eigenvalue weighted by atomic mass is 16.3. The molecule has 0 bridgehead atoms. The van der Waals surface area contributed by atoms with Gasteiger partial charge in [0.1, 0.15) is 11.2 Å². The molecule has 0 N–H and O–H groups in total. The molecule has 0 saturated carbocycles. The lowest BCUT2D eigenvalue weighted by Crippen LogP contribution is -2.11. The van der Waals surface area contributed by atoms with Crippen LogP contribution in [-0.2, 0) is 0 Å². The van der Waals surface area contributed by atoms with Crippen molar-refractivity contribution in [3.8, 4) is 44.5 Å². The maximum absolute atomic E-state index is 6.25. The number of hydrogen-bond acceptors (Lipinski definition) is 2. The van der Waals surface area contributed by atoms with Crippen LogP contribution in [0, 0.1) is 0 Å². The van der Waals surface area contributed by atoms with Crippen molar-refractivity contribution in [2.75, 3.05) is 4.90 Å². The third-order valence-corrected chi connectivity index (χ3v) is 10.5. The first-order chi connectivity index (χ1) is 26.8. The van der Waals surface area contributed by atoms with Crippen LogP contribution in [0.5, 0.6) is 0 Å². The quantitative estimate of drug-likeness (QED) is 0.166. The second-order valence-electron chi connectivity index (χ2n) is 13.7. The highest BCUT2D eigenvalue weighted by Gasteiger charge is 2.20. The van der Waals surface area contributed by atoms with E-state index >= 15 is 0 Å². The van der Waals surface area contributed by atoms with E-state index in [1.807, 2.05) is 12.1 Å². The monoisotopic (exact) mass is 689 g/mol. The Hall–Kier alpha value is -7.16. The zero-order valence-electron chi connectivity index (χ0n) is 29.6. The molecule has 1 aromatic heterocycles. The minimum absolute atomic E-state index is 0.900. The number of anilines is 3. The smallest absolute Gasteiger partial charge is 0.136 e. The molecule has 0 aliphatic rings. The summed E-state index contributed by atoms with van der Waals surface area (Å²) >= 11 is 0. The van der Waals surface area contributed by atoms with Gasteiger partial charge in [-0.1, -0.05) is 164 Å². The SMILES string of the molecule is c1ccc(-c2ccc(N(c3ccc(-c4ccc5c(c4)oc4ccccc45)cc3)c3ccccc3-c3cccc4cccc(-c5ccccc5)c34)cc2)cc1. The van der Waals surface area contributed by atoms with E-state index in [9.17, 15) is 0 Å². The molecule has 0 aliphatic carbocycles. The number of rotatable bonds is 7. The molecule has 0 amide bonds. The third kappa shape index (κ3) is 5.62. The highest BCUT2D eigenvalue weighted by molar-refractivity contribution is 6.09. The summed E-state index contributed by atoms with van der Waals surface area (Å²) in [5.41, 5.74) is 14.5. The van der Waals surface area contributed by atoms with Gasteiger partial charge >= 0.3 is 0 Å². The van der Waals surface area contributed by atoms with E-state index in [0.29, 0.717) is 0 Å². The standard InChI is InChI=1S/C52H35NO/c1-3-13-36(14-4-1)37-25-30-42(31-26-37)53(43-32-27-38(28-33-43)41-29-34-47-46-20-8-10-24-50(46)54-51(47)35-41)49-23-9-7-19-45(49)48-22-12-18-40-17-11-21-44(52(40)48)39-15-5-2-6-16-39/h1-35H. The fraction of sp³-hybridized carbons (Fsp3) is 0. The highest BCUT2D eigenvalue weighted by Crippen LogP contribution is 2.45. The molecular formula is C52H35NO. The second kappa shape index (κ2) is 13.4. The number of hydrogen-bond donors (Lipinski definition) is 0. The summed E-state index contributed by atoms with van der Waals surface area (Å²) in [6.45, 7) is 0. The minimum Gasteiger partial charge on any atom is -0.456 e. The van der Waals surface area contributed by atoms with Gasteiger partial charge in [0.25, 0.3) is 0 Å². The van der Waals surface area contributed by atoms with Gasteiger partial charge in [-0.3, -0.25) is 0 Å². The average Bonchev–Trinajstić information content (AvgIpc) is 3.63. The molecule has 10 aromatic rings. The van der Waals surface area contributed by atoms with Gasteiger partial charge < -0.3 is 9.32 Å². The largest absolute Gasteiger partial charge is 0.456 e. The van der Waals surface area contributed by atoms with Crippen LogP contribution in [0.3, 0.4) is 0 Å². The van der Waals surface area contributed by atoms with Crippen LogP contribution < -0.4 is 4.90 Å². The van der Waals surface area contributed by atoms with Crippen molar-refractivity contribution < 1.29 is 4.42 Å². The summed E-state index contributed by atoms with van der Waals surface area (Å²) in [7, 11) is 0. The summed E-state index contributed by atoms with van der Waals surface area (Å²) in [4.78, 5) is 2.39. The summed E-state index contributed by atoms with van der Waals surface area (Å²) in [6, 6.07) is 75.9. The van der Waals surface area contributed by atoms with Crippen LogP contribution in [0.15, 0.2) is 217 Å². The van der Waals surface area contributed by atoms with Gasteiger partial charge in [-0.05, 0) is 98.2 Å². The lowest BCUT2D eigenvalue weighted by atomic mass is 9.90. The fourth-order valence-electron chi connectivity index (χ4n) is 7.89. The van der Waals surface area contributed by atoms with Gasteiger partial charge in [0, 0.05) is 27.7 Å². The molecule has 0 radical (unpaired) electrons. The third-order valence-electron chi connectivity index (χ3n) is 10.5. The van der Waals surface area contributed by atoms with Crippen molar-refractivity contribution in [3.05, 3.63) is 212 Å². The lowest BCUT2D eigenvalue weighted by Gasteiger charge is -2.28. The van der Waals surface area contributed by atoms with E-state index < -0.39 is 0 Å². The van der Waals surface area contributed by atoms with Crippen LogP contribution >= 0.6 is 0 Å². The maximum Gasteiger partial charge on any atom is 0.136 e. The van der Waals surface area contributed by atoms with Gasteiger partial charge in [-0.15, -0.1) is 0 Å². The molecule has 1 heterocycles. The van der Waals surface area contributed by atoms with Crippen LogP contribution in [0.4, 0.5) is 17.1 Å². The van der Waals surface area contributed by atoms with E-state index in [1.165, 1.54) is 38.6 Å². The van der Waals surface area contributed by atoms with Crippen LogP contribution in [-0.4, -0.2) is 0 Å². The van der Waals surface area contributed by atoms with Crippen LogP contribution in [0.1, 0.15) is 0 Å². The molecule has 2 nitrogen and oxygen atoms in total. The van der Waals surface area contributed by atoms with Crippen molar-refractivity contribution >= 4 is 49.8 Å². The Morgan fingerprint density at radius 2 is 0.833 bits per heavy atom. The molecule has 0 fully saturated rings. The maximum atomic E-state index is 6.25. The summed E-state index contributed by atoms with van der Waals surface area (Å²) < 4.78 is 6.25. The van der Waals surface area contributed by atoms with Gasteiger partial charge in [-0.25, -0.2) is 0 Å². The zero-order valence-corrected chi connectivity index (χ0v) is 29.6. The van der Waals surface area contributed by atoms with E-state index in [-0.39, 0.29) is 0 Å². The molecular weight excluding hydrogens is 655 g/mol. The Morgan fingerprint density at radius 3 is 1.56 bits per heavy atom. The second-order valence-corrected chi connectivity index (χ2v) is 13.7. The van der Waals surface area contributed by atoms with E-state index in [1.54, 1.807) is 0 Å². The fourth-order valence-corrected chi connectivity index (χ4v) is 7.89. The van der Waals surface area contributed by atoms with Gasteiger partial charge in [-0.2, -0.15) is 0 Å². The molecule has 0 aliphatic heterocycles. The molecule has 0 saturated heterocycles. The molecule has 9 aromatic carbocycles. The molecule has 0 unspecified atom stereocenters. The van der Waals surface area contributed by atoms with Gasteiger partial charge in [0.2, 0.25) is 0 Å². The summed E-state index contributed by atoms with van der Waals surface area (Å²) in [5.74, 6) is 0.